The van der Waals surface area contributed by atoms with E-state index >= 15 is 0 Å². The van der Waals surface area contributed by atoms with Crippen molar-refractivity contribution < 1.29 is 9.59 Å². The quantitative estimate of drug-likeness (QED) is 0.861. The number of imidazole rings is 1. The Morgan fingerprint density at radius 1 is 1.43 bits per heavy atom. The lowest BCUT2D eigenvalue weighted by atomic mass is 9.93. The van der Waals surface area contributed by atoms with Crippen molar-refractivity contribution in [2.75, 3.05) is 25.5 Å². The number of piperidine rings is 1. The Kier molecular flexibility index (Phi) is 4.42. The number of carbonyl (C=O) groups is 2. The molecule has 2 aromatic heterocycles. The summed E-state index contributed by atoms with van der Waals surface area (Å²) in [7, 11) is 3.58. The number of aryl methyl sites for hydroxylation is 1. The third kappa shape index (κ3) is 3.12. The van der Waals surface area contributed by atoms with Gasteiger partial charge in [0.25, 0.3) is 5.91 Å². The molecule has 1 saturated heterocycles. The predicted molar refractivity (Wildman–Crippen MR) is 87.8 cm³/mol. The van der Waals surface area contributed by atoms with E-state index in [2.05, 4.69) is 15.3 Å². The smallest absolute Gasteiger partial charge is 0.273 e. The maximum Gasteiger partial charge on any atom is 0.273 e. The van der Waals surface area contributed by atoms with Crippen LogP contribution < -0.4 is 5.32 Å². The molecule has 0 aliphatic carbocycles. The van der Waals surface area contributed by atoms with Crippen molar-refractivity contribution in [3.63, 3.8) is 0 Å². The Morgan fingerprint density at radius 3 is 2.91 bits per heavy atom. The van der Waals surface area contributed by atoms with Crippen LogP contribution in [0.25, 0.3) is 0 Å². The molecule has 3 heterocycles. The van der Waals surface area contributed by atoms with Crippen molar-refractivity contribution >= 4 is 28.2 Å². The predicted octanol–water partition coefficient (Wildman–Crippen LogP) is 1.65. The van der Waals surface area contributed by atoms with Crippen LogP contribution in [0.4, 0.5) is 5.13 Å². The summed E-state index contributed by atoms with van der Waals surface area (Å²) in [5.74, 6) is 0.149. The zero-order valence-corrected chi connectivity index (χ0v) is 14.0. The van der Waals surface area contributed by atoms with Crippen molar-refractivity contribution in [2.24, 2.45) is 13.0 Å². The molecule has 1 amide bonds. The molecule has 1 N–H and O–H groups in total. The fraction of sp³-hybridized carbons (Fsp3) is 0.467. The van der Waals surface area contributed by atoms with Gasteiger partial charge in [-0.2, -0.15) is 0 Å². The molecule has 0 saturated carbocycles. The lowest BCUT2D eigenvalue weighted by Crippen LogP contribution is -2.42. The molecule has 7 nitrogen and oxygen atoms in total. The normalized spacial score (nSPS) is 18.0. The van der Waals surface area contributed by atoms with Crippen LogP contribution in [-0.2, 0) is 7.05 Å². The molecule has 0 radical (unpaired) electrons. The molecule has 0 bridgehead atoms. The molecular formula is C15H19N5O2S. The summed E-state index contributed by atoms with van der Waals surface area (Å²) in [5, 5.41) is 5.39. The minimum atomic E-state index is -0.198. The van der Waals surface area contributed by atoms with Crippen LogP contribution in [-0.4, -0.2) is 51.3 Å². The first-order valence-corrected chi connectivity index (χ1v) is 8.42. The molecule has 23 heavy (non-hydrogen) atoms. The van der Waals surface area contributed by atoms with Crippen molar-refractivity contribution in [1.82, 2.24) is 19.4 Å². The molecule has 8 heteroatoms. The number of nitrogens with one attached hydrogen (secondary N) is 1. The molecule has 122 valence electrons. The van der Waals surface area contributed by atoms with E-state index in [1.54, 1.807) is 41.3 Å². The molecule has 2 aromatic rings. The molecule has 0 unspecified atom stereocenters. The summed E-state index contributed by atoms with van der Waals surface area (Å²) in [6, 6.07) is 0. The lowest BCUT2D eigenvalue weighted by molar-refractivity contribution is 0.0628. The van der Waals surface area contributed by atoms with Gasteiger partial charge in [-0.15, -0.1) is 11.3 Å². The second kappa shape index (κ2) is 6.49. The Morgan fingerprint density at radius 2 is 2.26 bits per heavy atom. The summed E-state index contributed by atoms with van der Waals surface area (Å²) in [5.41, 5.74) is 0.435. The fourth-order valence-corrected chi connectivity index (χ4v) is 3.46. The van der Waals surface area contributed by atoms with Crippen LogP contribution in [0, 0.1) is 5.92 Å². The van der Waals surface area contributed by atoms with Crippen molar-refractivity contribution in [1.29, 1.82) is 0 Å². The topological polar surface area (TPSA) is 80.1 Å². The number of ketones is 1. The van der Waals surface area contributed by atoms with Gasteiger partial charge in [0, 0.05) is 50.9 Å². The fourth-order valence-electron chi connectivity index (χ4n) is 2.81. The lowest BCUT2D eigenvalue weighted by Gasteiger charge is -2.31. The summed E-state index contributed by atoms with van der Waals surface area (Å²) < 4.78 is 1.72. The van der Waals surface area contributed by atoms with Crippen LogP contribution in [0.2, 0.25) is 0 Å². The Labute approximate surface area is 138 Å². The van der Waals surface area contributed by atoms with E-state index in [0.29, 0.717) is 29.7 Å². The minimum absolute atomic E-state index is 0.00388. The van der Waals surface area contributed by atoms with E-state index < -0.39 is 0 Å². The molecule has 1 aliphatic rings. The summed E-state index contributed by atoms with van der Waals surface area (Å²) in [4.78, 5) is 35.3. The van der Waals surface area contributed by atoms with E-state index in [0.717, 1.165) is 12.8 Å². The maximum absolute atomic E-state index is 12.6. The average Bonchev–Trinajstić information content (AvgIpc) is 3.22. The Balaban J connectivity index is 1.72. The first kappa shape index (κ1) is 15.7. The molecule has 1 aliphatic heterocycles. The molecule has 3 rings (SSSR count). The first-order valence-electron chi connectivity index (χ1n) is 7.54. The third-order valence-corrected chi connectivity index (χ3v) is 4.92. The first-order chi connectivity index (χ1) is 11.1. The van der Waals surface area contributed by atoms with Gasteiger partial charge in [0.1, 0.15) is 5.69 Å². The van der Waals surface area contributed by atoms with Gasteiger partial charge in [0.15, 0.2) is 11.0 Å². The number of hydrogen-bond acceptors (Lipinski definition) is 6. The maximum atomic E-state index is 12.6. The van der Waals surface area contributed by atoms with Gasteiger partial charge in [-0.25, -0.2) is 9.97 Å². The van der Waals surface area contributed by atoms with Crippen molar-refractivity contribution in [3.8, 4) is 0 Å². The van der Waals surface area contributed by atoms with Gasteiger partial charge in [-0.1, -0.05) is 0 Å². The average molecular weight is 333 g/mol. The number of amides is 1. The van der Waals surface area contributed by atoms with Crippen LogP contribution in [0.1, 0.15) is 33.9 Å². The second-order valence-electron chi connectivity index (χ2n) is 5.60. The zero-order valence-electron chi connectivity index (χ0n) is 13.2. The number of hydrogen-bond donors (Lipinski definition) is 1. The van der Waals surface area contributed by atoms with Crippen LogP contribution in [0.3, 0.4) is 0 Å². The summed E-state index contributed by atoms with van der Waals surface area (Å²) in [6.45, 7) is 1.09. The highest BCUT2D eigenvalue weighted by atomic mass is 32.1. The standard InChI is InChI=1S/C15H19N5O2S/c1-16-15-18-11(9-23-15)14(22)20-6-3-4-10(8-20)12(21)13-17-5-7-19(13)2/h5,7,9-10H,3-4,6,8H2,1-2H3,(H,16,18)/t10-/m0/s1. The SMILES string of the molecule is CNc1nc(C(=O)N2CCC[C@H](C(=O)c3nccn3C)C2)cs1. The molecule has 0 spiro atoms. The van der Waals surface area contributed by atoms with E-state index in [1.165, 1.54) is 11.3 Å². The number of aromatic nitrogens is 3. The highest BCUT2D eigenvalue weighted by molar-refractivity contribution is 7.13. The van der Waals surface area contributed by atoms with Crippen LogP contribution in [0.15, 0.2) is 17.8 Å². The number of Topliss-reactive ketones (excluding diaryl/α,β-unsaturated/α-hetero) is 1. The van der Waals surface area contributed by atoms with Crippen LogP contribution in [0.5, 0.6) is 0 Å². The molecular weight excluding hydrogens is 314 g/mol. The highest BCUT2D eigenvalue weighted by Gasteiger charge is 2.31. The number of carbonyl (C=O) groups excluding carboxylic acids is 2. The zero-order chi connectivity index (χ0) is 16.4. The molecule has 1 atom stereocenters. The Bertz CT molecular complexity index is 723. The number of nitrogens with zero attached hydrogens (tertiary/aromatic N) is 4. The number of likely N-dealkylation sites (tertiary alicyclic amines) is 1. The van der Waals surface area contributed by atoms with Gasteiger partial charge in [-0.3, -0.25) is 9.59 Å². The minimum Gasteiger partial charge on any atom is -0.365 e. The van der Waals surface area contributed by atoms with E-state index in [9.17, 15) is 9.59 Å². The molecule has 0 aromatic carbocycles. The number of rotatable bonds is 4. The third-order valence-electron chi connectivity index (χ3n) is 4.06. The van der Waals surface area contributed by atoms with Crippen molar-refractivity contribution in [2.45, 2.75) is 12.8 Å². The summed E-state index contributed by atoms with van der Waals surface area (Å²) >= 11 is 1.40. The van der Waals surface area contributed by atoms with Gasteiger partial charge in [0.05, 0.1) is 0 Å². The van der Waals surface area contributed by atoms with E-state index in [-0.39, 0.29) is 17.6 Å². The highest BCUT2D eigenvalue weighted by Crippen LogP contribution is 2.23. The van der Waals surface area contributed by atoms with E-state index in [4.69, 9.17) is 0 Å². The van der Waals surface area contributed by atoms with Gasteiger partial charge in [0.2, 0.25) is 5.78 Å². The monoisotopic (exact) mass is 333 g/mol. The van der Waals surface area contributed by atoms with Crippen molar-refractivity contribution in [3.05, 3.63) is 29.3 Å². The van der Waals surface area contributed by atoms with Gasteiger partial charge in [-0.05, 0) is 12.8 Å². The Hall–Kier alpha value is -2.22. The summed E-state index contributed by atoms with van der Waals surface area (Å²) in [6.07, 6.45) is 4.98. The van der Waals surface area contributed by atoms with E-state index in [1.807, 2.05) is 0 Å². The molecule has 1 fully saturated rings. The second-order valence-corrected chi connectivity index (χ2v) is 6.46. The van der Waals surface area contributed by atoms with Gasteiger partial charge >= 0.3 is 0 Å². The number of anilines is 1. The number of thiazole rings is 1. The van der Waals surface area contributed by atoms with Gasteiger partial charge < -0.3 is 14.8 Å². The van der Waals surface area contributed by atoms with Crippen LogP contribution >= 0.6 is 11.3 Å². The largest absolute Gasteiger partial charge is 0.365 e.